The third-order valence-corrected chi connectivity index (χ3v) is 5.06. The predicted molar refractivity (Wildman–Crippen MR) is 90.2 cm³/mol. The first-order chi connectivity index (χ1) is 12.3. The van der Waals surface area contributed by atoms with Crippen molar-refractivity contribution < 1.29 is 13.2 Å². The summed E-state index contributed by atoms with van der Waals surface area (Å²) in [4.78, 5) is 26.0. The van der Waals surface area contributed by atoms with Crippen LogP contribution < -0.4 is 10.5 Å². The standard InChI is InChI=1S/C16H15ClF3N5O/c17-12-14(24-3-4-25-8-16(19,20)6-10(25)7-24)22-13(23-15(12)26)9-1-2-21-11(18)5-9/h1-2,5,10H,3-4,6-8H2,(H,22,23,26). The number of halogens is 4. The molecule has 0 radical (unpaired) electrons. The van der Waals surface area contributed by atoms with E-state index >= 15 is 0 Å². The summed E-state index contributed by atoms with van der Waals surface area (Å²) in [6.45, 7) is 0.913. The van der Waals surface area contributed by atoms with Crippen LogP contribution in [0.1, 0.15) is 6.42 Å². The van der Waals surface area contributed by atoms with Crippen LogP contribution in [0.15, 0.2) is 23.1 Å². The van der Waals surface area contributed by atoms with Gasteiger partial charge in [-0.05, 0) is 6.07 Å². The molecular weight excluding hydrogens is 371 g/mol. The van der Waals surface area contributed by atoms with Gasteiger partial charge in [-0.3, -0.25) is 9.69 Å². The number of hydrogen-bond acceptors (Lipinski definition) is 5. The molecule has 1 atom stereocenters. The van der Waals surface area contributed by atoms with Gasteiger partial charge in [0.15, 0.2) is 5.82 Å². The molecule has 4 rings (SSSR count). The van der Waals surface area contributed by atoms with Gasteiger partial charge in [0.1, 0.15) is 10.8 Å². The van der Waals surface area contributed by atoms with Crippen molar-refractivity contribution in [2.24, 2.45) is 0 Å². The van der Waals surface area contributed by atoms with Crippen molar-refractivity contribution >= 4 is 17.4 Å². The Morgan fingerprint density at radius 3 is 2.92 bits per heavy atom. The number of aromatic nitrogens is 3. The number of pyridine rings is 1. The van der Waals surface area contributed by atoms with Crippen molar-refractivity contribution in [3.8, 4) is 11.4 Å². The van der Waals surface area contributed by atoms with Crippen LogP contribution in [0.4, 0.5) is 19.0 Å². The van der Waals surface area contributed by atoms with E-state index in [9.17, 15) is 18.0 Å². The number of alkyl halides is 2. The number of piperazine rings is 1. The van der Waals surface area contributed by atoms with Gasteiger partial charge in [0.25, 0.3) is 11.5 Å². The van der Waals surface area contributed by atoms with Crippen LogP contribution in [-0.4, -0.2) is 58.0 Å². The van der Waals surface area contributed by atoms with Crippen LogP contribution in [0.2, 0.25) is 5.02 Å². The number of hydrogen-bond donors (Lipinski definition) is 1. The molecular formula is C16H15ClF3N5O. The minimum Gasteiger partial charge on any atom is -0.352 e. The van der Waals surface area contributed by atoms with Crippen LogP contribution in [0.25, 0.3) is 11.4 Å². The molecule has 26 heavy (non-hydrogen) atoms. The minimum absolute atomic E-state index is 0.110. The molecule has 0 aliphatic carbocycles. The van der Waals surface area contributed by atoms with Gasteiger partial charge in [0.2, 0.25) is 5.95 Å². The number of nitrogens with zero attached hydrogens (tertiary/aromatic N) is 4. The second kappa shape index (κ2) is 6.24. The Balaban J connectivity index is 1.67. The van der Waals surface area contributed by atoms with Gasteiger partial charge >= 0.3 is 0 Å². The van der Waals surface area contributed by atoms with Gasteiger partial charge in [-0.2, -0.15) is 4.39 Å². The van der Waals surface area contributed by atoms with E-state index in [4.69, 9.17) is 11.6 Å². The van der Waals surface area contributed by atoms with E-state index in [1.807, 2.05) is 0 Å². The van der Waals surface area contributed by atoms with E-state index in [1.165, 1.54) is 12.3 Å². The van der Waals surface area contributed by atoms with Crippen LogP contribution in [0.5, 0.6) is 0 Å². The molecule has 0 aromatic carbocycles. The highest BCUT2D eigenvalue weighted by atomic mass is 35.5. The highest BCUT2D eigenvalue weighted by molar-refractivity contribution is 6.32. The molecule has 1 unspecified atom stereocenters. The molecule has 2 saturated heterocycles. The zero-order valence-corrected chi connectivity index (χ0v) is 14.3. The molecule has 2 aliphatic rings. The van der Waals surface area contributed by atoms with Crippen molar-refractivity contribution in [2.75, 3.05) is 31.1 Å². The SMILES string of the molecule is O=c1[nH]c(-c2ccnc(F)c2)nc(N2CCN3CC(F)(F)CC3C2)c1Cl. The highest BCUT2D eigenvalue weighted by Gasteiger charge is 2.47. The quantitative estimate of drug-likeness (QED) is 0.802. The second-order valence-electron chi connectivity index (χ2n) is 6.55. The average molecular weight is 386 g/mol. The summed E-state index contributed by atoms with van der Waals surface area (Å²) in [5, 5.41) is -0.110. The molecule has 138 valence electrons. The molecule has 2 aliphatic heterocycles. The first-order valence-corrected chi connectivity index (χ1v) is 8.49. The van der Waals surface area contributed by atoms with Crippen molar-refractivity contribution in [1.82, 2.24) is 19.9 Å². The van der Waals surface area contributed by atoms with Gasteiger partial charge in [-0.1, -0.05) is 11.6 Å². The Hall–Kier alpha value is -2.13. The summed E-state index contributed by atoms with van der Waals surface area (Å²) in [5.41, 5.74) is -0.221. The Labute approximate surface area is 151 Å². The van der Waals surface area contributed by atoms with E-state index < -0.39 is 17.4 Å². The first-order valence-electron chi connectivity index (χ1n) is 8.11. The summed E-state index contributed by atoms with van der Waals surface area (Å²) < 4.78 is 40.7. The molecule has 2 aromatic heterocycles. The number of fused-ring (bicyclic) bond motifs is 1. The van der Waals surface area contributed by atoms with E-state index in [0.717, 1.165) is 6.07 Å². The molecule has 0 amide bonds. The Bertz CT molecular complexity index is 906. The van der Waals surface area contributed by atoms with Crippen molar-refractivity contribution in [3.05, 3.63) is 39.7 Å². The molecule has 4 heterocycles. The van der Waals surface area contributed by atoms with Crippen LogP contribution >= 0.6 is 11.6 Å². The third-order valence-electron chi connectivity index (χ3n) is 4.72. The maximum Gasteiger partial charge on any atom is 0.272 e. The minimum atomic E-state index is -2.70. The summed E-state index contributed by atoms with van der Waals surface area (Å²) in [6, 6.07) is 2.33. The molecule has 0 saturated carbocycles. The summed E-state index contributed by atoms with van der Waals surface area (Å²) in [6.07, 6.45) is 1.03. The van der Waals surface area contributed by atoms with Gasteiger partial charge in [0, 0.05) is 49.9 Å². The van der Waals surface area contributed by atoms with E-state index in [0.29, 0.717) is 25.2 Å². The third kappa shape index (κ3) is 3.16. The molecule has 2 aromatic rings. The van der Waals surface area contributed by atoms with E-state index in [1.54, 1.807) is 9.80 Å². The van der Waals surface area contributed by atoms with Crippen LogP contribution in [0, 0.1) is 5.95 Å². The lowest BCUT2D eigenvalue weighted by Gasteiger charge is -2.37. The molecule has 1 N–H and O–H groups in total. The fourth-order valence-electron chi connectivity index (χ4n) is 3.54. The number of aromatic amines is 1. The van der Waals surface area contributed by atoms with Crippen molar-refractivity contribution in [1.29, 1.82) is 0 Å². The molecule has 2 fully saturated rings. The molecule has 0 spiro atoms. The zero-order valence-electron chi connectivity index (χ0n) is 13.6. The Kier molecular flexibility index (Phi) is 4.15. The monoisotopic (exact) mass is 385 g/mol. The second-order valence-corrected chi connectivity index (χ2v) is 6.93. The first kappa shape index (κ1) is 17.3. The predicted octanol–water partition coefficient (Wildman–Crippen LogP) is 2.15. The lowest BCUT2D eigenvalue weighted by Crippen LogP contribution is -2.50. The number of rotatable bonds is 2. The Morgan fingerprint density at radius 1 is 1.35 bits per heavy atom. The fraction of sp³-hybridized carbons (Fsp3) is 0.438. The van der Waals surface area contributed by atoms with E-state index in [2.05, 4.69) is 15.0 Å². The fourth-order valence-corrected chi connectivity index (χ4v) is 3.75. The highest BCUT2D eigenvalue weighted by Crippen LogP contribution is 2.35. The topological polar surface area (TPSA) is 65.1 Å². The van der Waals surface area contributed by atoms with Gasteiger partial charge in [0.05, 0.1) is 6.54 Å². The van der Waals surface area contributed by atoms with E-state index in [-0.39, 0.29) is 35.7 Å². The van der Waals surface area contributed by atoms with Gasteiger partial charge in [-0.15, -0.1) is 0 Å². The zero-order chi connectivity index (χ0) is 18.5. The molecule has 10 heteroatoms. The Morgan fingerprint density at radius 2 is 2.15 bits per heavy atom. The smallest absolute Gasteiger partial charge is 0.272 e. The van der Waals surface area contributed by atoms with Crippen molar-refractivity contribution in [3.63, 3.8) is 0 Å². The summed E-state index contributed by atoms with van der Waals surface area (Å²) >= 11 is 6.12. The van der Waals surface area contributed by atoms with Crippen LogP contribution in [0.3, 0.4) is 0 Å². The van der Waals surface area contributed by atoms with Gasteiger partial charge in [-0.25, -0.2) is 18.7 Å². The lowest BCUT2D eigenvalue weighted by molar-refractivity contribution is 0.0125. The maximum absolute atomic E-state index is 13.6. The van der Waals surface area contributed by atoms with Gasteiger partial charge < -0.3 is 9.88 Å². The van der Waals surface area contributed by atoms with Crippen LogP contribution in [-0.2, 0) is 0 Å². The summed E-state index contributed by atoms with van der Waals surface area (Å²) in [5.74, 6) is -3.04. The molecule has 0 bridgehead atoms. The number of nitrogens with one attached hydrogen (secondary N) is 1. The average Bonchev–Trinajstić information content (AvgIpc) is 2.90. The largest absolute Gasteiger partial charge is 0.352 e. The number of anilines is 1. The number of H-pyrrole nitrogens is 1. The summed E-state index contributed by atoms with van der Waals surface area (Å²) in [7, 11) is 0. The maximum atomic E-state index is 13.6. The lowest BCUT2D eigenvalue weighted by atomic mass is 10.1. The molecule has 6 nitrogen and oxygen atoms in total. The van der Waals surface area contributed by atoms with Crippen molar-refractivity contribution in [2.45, 2.75) is 18.4 Å². The normalized spacial score (nSPS) is 22.5.